The summed E-state index contributed by atoms with van der Waals surface area (Å²) in [7, 11) is 0. The Hall–Kier alpha value is -6.44. The van der Waals surface area contributed by atoms with Gasteiger partial charge in [-0.15, -0.1) is 0 Å². The lowest BCUT2D eigenvalue weighted by Gasteiger charge is -2.31. The third kappa shape index (κ3) is 4.70. The molecule has 0 unspecified atom stereocenters. The molecular weight excluding hydrogens is 627 g/mol. The lowest BCUT2D eigenvalue weighted by atomic mass is 9.82. The smallest absolute Gasteiger partial charge is 0.0546 e. The molecular formula is C51H37N. The molecule has 1 aliphatic rings. The van der Waals surface area contributed by atoms with Crippen molar-refractivity contribution in [3.63, 3.8) is 0 Å². The van der Waals surface area contributed by atoms with Crippen molar-refractivity contribution in [2.45, 2.75) is 19.3 Å². The van der Waals surface area contributed by atoms with Crippen molar-refractivity contribution < 1.29 is 0 Å². The molecule has 1 heteroatoms. The molecule has 0 heterocycles. The highest BCUT2D eigenvalue weighted by Gasteiger charge is 2.36. The molecule has 0 saturated heterocycles. The van der Waals surface area contributed by atoms with Crippen LogP contribution in [0.15, 0.2) is 188 Å². The van der Waals surface area contributed by atoms with Gasteiger partial charge < -0.3 is 4.90 Å². The highest BCUT2D eigenvalue weighted by Crippen LogP contribution is 2.52. The number of hydrogen-bond acceptors (Lipinski definition) is 1. The predicted molar refractivity (Wildman–Crippen MR) is 222 cm³/mol. The molecule has 0 spiro atoms. The minimum atomic E-state index is -0.130. The molecule has 52 heavy (non-hydrogen) atoms. The van der Waals surface area contributed by atoms with Crippen molar-refractivity contribution in [3.8, 4) is 33.4 Å². The fraction of sp³-hybridized carbons (Fsp3) is 0.0588. The Labute approximate surface area is 305 Å². The van der Waals surface area contributed by atoms with Gasteiger partial charge in [0, 0.05) is 22.1 Å². The summed E-state index contributed by atoms with van der Waals surface area (Å²) in [5.41, 5.74) is 13.5. The molecule has 1 aliphatic carbocycles. The number of fused-ring (bicyclic) bond motifs is 7. The van der Waals surface area contributed by atoms with Gasteiger partial charge in [0.1, 0.15) is 0 Å². The van der Waals surface area contributed by atoms with Gasteiger partial charge in [0.25, 0.3) is 0 Å². The first-order valence-electron chi connectivity index (χ1n) is 18.2. The van der Waals surface area contributed by atoms with Crippen molar-refractivity contribution in [1.29, 1.82) is 0 Å². The Morgan fingerprint density at radius 3 is 1.83 bits per heavy atom. The normalized spacial score (nSPS) is 13.0. The van der Waals surface area contributed by atoms with E-state index in [0.717, 1.165) is 17.1 Å². The minimum Gasteiger partial charge on any atom is -0.309 e. The van der Waals surface area contributed by atoms with Crippen LogP contribution in [-0.4, -0.2) is 0 Å². The Balaban J connectivity index is 1.31. The van der Waals surface area contributed by atoms with Gasteiger partial charge in [0.05, 0.1) is 11.4 Å². The summed E-state index contributed by atoms with van der Waals surface area (Å²) in [6.45, 7) is 4.74. The number of benzene rings is 9. The lowest BCUT2D eigenvalue weighted by Crippen LogP contribution is -2.17. The van der Waals surface area contributed by atoms with Crippen LogP contribution in [0.2, 0.25) is 0 Å². The first-order valence-corrected chi connectivity index (χ1v) is 18.2. The highest BCUT2D eigenvalue weighted by molar-refractivity contribution is 6.15. The molecule has 1 nitrogen and oxygen atoms in total. The summed E-state index contributed by atoms with van der Waals surface area (Å²) in [5.74, 6) is 0. The first kappa shape index (κ1) is 30.4. The van der Waals surface area contributed by atoms with Gasteiger partial charge in [-0.25, -0.2) is 0 Å². The molecule has 10 rings (SSSR count). The second-order valence-electron chi connectivity index (χ2n) is 14.5. The van der Waals surface area contributed by atoms with Crippen LogP contribution in [0.25, 0.3) is 65.7 Å². The monoisotopic (exact) mass is 663 g/mol. The molecule has 0 atom stereocenters. The Bertz CT molecular complexity index is 2820. The standard InChI is InChI=1S/C51H37N/c1-51(2)47-26-13-12-23-43(47)44-29-28-38(33-48(44)51)52(50-32-37-18-7-9-21-40(37)41-22-10-11-24-45(41)50)49-30-27-36(34-15-4-3-5-16-34)31-46(49)42-25-14-19-35-17-6-8-20-39(35)42/h3-33H,1-2H3. The van der Waals surface area contributed by atoms with Gasteiger partial charge in [0.2, 0.25) is 0 Å². The zero-order valence-corrected chi connectivity index (χ0v) is 29.3. The third-order valence-electron chi connectivity index (χ3n) is 11.2. The average Bonchev–Trinajstić information content (AvgIpc) is 3.43. The summed E-state index contributed by atoms with van der Waals surface area (Å²) in [5, 5.41) is 7.44. The molecule has 0 aromatic heterocycles. The van der Waals surface area contributed by atoms with E-state index in [1.54, 1.807) is 0 Å². The van der Waals surface area contributed by atoms with Crippen LogP contribution in [0.3, 0.4) is 0 Å². The van der Waals surface area contributed by atoms with Crippen molar-refractivity contribution in [2.24, 2.45) is 0 Å². The van der Waals surface area contributed by atoms with Crippen LogP contribution >= 0.6 is 0 Å². The van der Waals surface area contributed by atoms with E-state index in [-0.39, 0.29) is 5.41 Å². The molecule has 0 aliphatic heterocycles. The maximum absolute atomic E-state index is 2.53. The fourth-order valence-corrected chi connectivity index (χ4v) is 8.68. The average molecular weight is 664 g/mol. The van der Waals surface area contributed by atoms with Gasteiger partial charge in [-0.1, -0.05) is 172 Å². The Kier molecular flexibility index (Phi) is 6.91. The van der Waals surface area contributed by atoms with E-state index in [4.69, 9.17) is 0 Å². The molecule has 246 valence electrons. The third-order valence-corrected chi connectivity index (χ3v) is 11.2. The predicted octanol–water partition coefficient (Wildman–Crippen LogP) is 14.3. The number of rotatable bonds is 5. The summed E-state index contributed by atoms with van der Waals surface area (Å²) >= 11 is 0. The topological polar surface area (TPSA) is 3.24 Å². The molecule has 0 bridgehead atoms. The zero-order chi connectivity index (χ0) is 34.8. The molecule has 9 aromatic carbocycles. The van der Waals surface area contributed by atoms with Crippen molar-refractivity contribution in [3.05, 3.63) is 199 Å². The van der Waals surface area contributed by atoms with Crippen molar-refractivity contribution in [1.82, 2.24) is 0 Å². The second kappa shape index (κ2) is 11.8. The molecule has 0 amide bonds. The van der Waals surface area contributed by atoms with E-state index in [1.807, 2.05) is 0 Å². The van der Waals surface area contributed by atoms with Crippen LogP contribution in [-0.2, 0) is 5.41 Å². The molecule has 0 N–H and O–H groups in total. The van der Waals surface area contributed by atoms with Crippen LogP contribution in [0, 0.1) is 0 Å². The van der Waals surface area contributed by atoms with E-state index < -0.39 is 0 Å². The van der Waals surface area contributed by atoms with E-state index >= 15 is 0 Å². The summed E-state index contributed by atoms with van der Waals surface area (Å²) in [4.78, 5) is 2.53. The van der Waals surface area contributed by atoms with Crippen LogP contribution < -0.4 is 4.90 Å². The maximum Gasteiger partial charge on any atom is 0.0546 e. The largest absolute Gasteiger partial charge is 0.309 e. The van der Waals surface area contributed by atoms with Gasteiger partial charge in [-0.3, -0.25) is 0 Å². The highest BCUT2D eigenvalue weighted by atomic mass is 15.1. The number of hydrogen-bond donors (Lipinski definition) is 0. The summed E-state index contributed by atoms with van der Waals surface area (Å²) in [6.07, 6.45) is 0. The van der Waals surface area contributed by atoms with Crippen LogP contribution in [0.4, 0.5) is 17.1 Å². The van der Waals surface area contributed by atoms with Gasteiger partial charge in [-0.05, 0) is 96.2 Å². The Morgan fingerprint density at radius 1 is 0.346 bits per heavy atom. The SMILES string of the molecule is CC1(C)c2ccccc2-c2ccc(N(c3ccc(-c4ccccc4)cc3-c3cccc4ccccc34)c3cc4ccccc4c4ccccc34)cc21. The molecule has 0 saturated carbocycles. The number of nitrogens with zero attached hydrogens (tertiary/aromatic N) is 1. The van der Waals surface area contributed by atoms with Gasteiger partial charge in [0.15, 0.2) is 0 Å². The fourth-order valence-electron chi connectivity index (χ4n) is 8.68. The second-order valence-corrected chi connectivity index (χ2v) is 14.5. The maximum atomic E-state index is 2.53. The zero-order valence-electron chi connectivity index (χ0n) is 29.3. The van der Waals surface area contributed by atoms with E-state index in [2.05, 4.69) is 207 Å². The minimum absolute atomic E-state index is 0.130. The summed E-state index contributed by atoms with van der Waals surface area (Å²) in [6, 6.07) is 69.4. The van der Waals surface area contributed by atoms with Crippen molar-refractivity contribution in [2.75, 3.05) is 4.90 Å². The van der Waals surface area contributed by atoms with Gasteiger partial charge in [-0.2, -0.15) is 0 Å². The lowest BCUT2D eigenvalue weighted by molar-refractivity contribution is 0.660. The van der Waals surface area contributed by atoms with Crippen LogP contribution in [0.1, 0.15) is 25.0 Å². The van der Waals surface area contributed by atoms with E-state index in [1.165, 1.54) is 76.8 Å². The van der Waals surface area contributed by atoms with Crippen molar-refractivity contribution >= 4 is 49.4 Å². The Morgan fingerprint density at radius 2 is 0.981 bits per heavy atom. The van der Waals surface area contributed by atoms with Gasteiger partial charge >= 0.3 is 0 Å². The molecule has 9 aromatic rings. The molecule has 0 fully saturated rings. The van der Waals surface area contributed by atoms with E-state index in [9.17, 15) is 0 Å². The summed E-state index contributed by atoms with van der Waals surface area (Å²) < 4.78 is 0. The molecule has 0 radical (unpaired) electrons. The first-order chi connectivity index (χ1) is 25.6. The quantitative estimate of drug-likeness (QED) is 0.166. The number of anilines is 3. The van der Waals surface area contributed by atoms with Crippen LogP contribution in [0.5, 0.6) is 0 Å². The van der Waals surface area contributed by atoms with E-state index in [0.29, 0.717) is 0 Å².